The molecule has 1 rings (SSSR count). The molecule has 0 aromatic carbocycles. The van der Waals surface area contributed by atoms with E-state index < -0.39 is 0 Å². The van der Waals surface area contributed by atoms with Gasteiger partial charge in [0.25, 0.3) is 0 Å². The van der Waals surface area contributed by atoms with Crippen LogP contribution in [0.25, 0.3) is 0 Å². The second-order valence-electron chi connectivity index (χ2n) is 2.65. The third-order valence-corrected chi connectivity index (χ3v) is 2.01. The van der Waals surface area contributed by atoms with Crippen LogP contribution in [0.4, 0.5) is 5.82 Å². The zero-order valence-electron chi connectivity index (χ0n) is 6.93. The first-order valence-corrected chi connectivity index (χ1v) is 4.21. The van der Waals surface area contributed by atoms with Gasteiger partial charge in [-0.1, -0.05) is 0 Å². The summed E-state index contributed by atoms with van der Waals surface area (Å²) in [6.45, 7) is 1.99. The van der Waals surface area contributed by atoms with Crippen LogP contribution in [0, 0.1) is 6.92 Å². The summed E-state index contributed by atoms with van der Waals surface area (Å²) in [5.41, 5.74) is 1.04. The molecule has 0 atom stereocenters. The molecule has 0 spiro atoms. The van der Waals surface area contributed by atoms with Crippen LogP contribution in [0.5, 0.6) is 0 Å². The molecule has 0 saturated carbocycles. The molecule has 0 bridgehead atoms. The van der Waals surface area contributed by atoms with Crippen LogP contribution in [0.3, 0.4) is 0 Å². The Labute approximate surface area is 75.4 Å². The number of pyridine rings is 1. The molecule has 11 heavy (non-hydrogen) atoms. The molecule has 2 nitrogen and oxygen atoms in total. The Morgan fingerprint density at radius 1 is 1.36 bits per heavy atom. The molecular weight excluding hydrogens is 204 g/mol. The van der Waals surface area contributed by atoms with Crippen molar-refractivity contribution in [2.75, 3.05) is 19.0 Å². The lowest BCUT2D eigenvalue weighted by atomic mass is 10.3. The maximum Gasteiger partial charge on any atom is 0.142 e. The maximum atomic E-state index is 4.35. The van der Waals surface area contributed by atoms with Gasteiger partial charge in [0.1, 0.15) is 5.82 Å². The van der Waals surface area contributed by atoms with Gasteiger partial charge in [0, 0.05) is 19.8 Å². The van der Waals surface area contributed by atoms with Crippen LogP contribution >= 0.6 is 15.9 Å². The van der Waals surface area contributed by atoms with Crippen LogP contribution in [0.15, 0.2) is 16.6 Å². The zero-order chi connectivity index (χ0) is 8.43. The predicted octanol–water partition coefficient (Wildman–Crippen LogP) is 2.22. The molecule has 1 heterocycles. The average Bonchev–Trinajstić information content (AvgIpc) is 1.94. The van der Waals surface area contributed by atoms with E-state index in [4.69, 9.17) is 0 Å². The quantitative estimate of drug-likeness (QED) is 0.713. The predicted molar refractivity (Wildman–Crippen MR) is 51.0 cm³/mol. The van der Waals surface area contributed by atoms with Crippen LogP contribution in [0.2, 0.25) is 0 Å². The Morgan fingerprint density at radius 2 is 2.00 bits per heavy atom. The summed E-state index contributed by atoms with van der Waals surface area (Å²) < 4.78 is 1.04. The fourth-order valence-corrected chi connectivity index (χ4v) is 1.42. The minimum atomic E-state index is 0.977. The summed E-state index contributed by atoms with van der Waals surface area (Å²) in [6, 6.07) is 3.99. The van der Waals surface area contributed by atoms with E-state index in [0.29, 0.717) is 0 Å². The lowest BCUT2D eigenvalue weighted by Crippen LogP contribution is -2.11. The van der Waals surface area contributed by atoms with E-state index in [9.17, 15) is 0 Å². The first kappa shape index (κ1) is 8.53. The number of anilines is 1. The van der Waals surface area contributed by atoms with Crippen molar-refractivity contribution in [1.82, 2.24) is 4.98 Å². The molecule has 0 unspecified atom stereocenters. The molecule has 0 aliphatic rings. The number of aryl methyl sites for hydroxylation is 1. The van der Waals surface area contributed by atoms with Gasteiger partial charge >= 0.3 is 0 Å². The van der Waals surface area contributed by atoms with Crippen LogP contribution < -0.4 is 4.90 Å². The van der Waals surface area contributed by atoms with Crippen molar-refractivity contribution < 1.29 is 0 Å². The number of hydrogen-bond donors (Lipinski definition) is 0. The molecule has 3 heteroatoms. The molecule has 0 aliphatic heterocycles. The van der Waals surface area contributed by atoms with Gasteiger partial charge in [-0.05, 0) is 35.0 Å². The molecule has 1 aromatic heterocycles. The van der Waals surface area contributed by atoms with Crippen molar-refractivity contribution in [3.8, 4) is 0 Å². The van der Waals surface area contributed by atoms with E-state index in [2.05, 4.69) is 20.9 Å². The fraction of sp³-hybridized carbons (Fsp3) is 0.375. The van der Waals surface area contributed by atoms with Crippen molar-refractivity contribution in [2.24, 2.45) is 0 Å². The topological polar surface area (TPSA) is 16.1 Å². The van der Waals surface area contributed by atoms with Gasteiger partial charge < -0.3 is 4.90 Å². The largest absolute Gasteiger partial charge is 0.362 e. The Bertz CT molecular complexity index is 258. The number of nitrogens with zero attached hydrogens (tertiary/aromatic N) is 2. The second kappa shape index (κ2) is 3.22. The SMILES string of the molecule is Cc1ccc(Br)c(N(C)C)n1. The Hall–Kier alpha value is -0.570. The molecular formula is C8H11BrN2. The van der Waals surface area contributed by atoms with Crippen LogP contribution in [0.1, 0.15) is 5.69 Å². The highest BCUT2D eigenvalue weighted by Gasteiger charge is 2.02. The van der Waals surface area contributed by atoms with E-state index in [1.165, 1.54) is 0 Å². The molecule has 0 fully saturated rings. The van der Waals surface area contributed by atoms with Crippen LogP contribution in [-0.4, -0.2) is 19.1 Å². The first-order valence-electron chi connectivity index (χ1n) is 3.41. The van der Waals surface area contributed by atoms with Crippen molar-refractivity contribution >= 4 is 21.7 Å². The van der Waals surface area contributed by atoms with Gasteiger partial charge in [-0.2, -0.15) is 0 Å². The zero-order valence-corrected chi connectivity index (χ0v) is 8.51. The number of hydrogen-bond acceptors (Lipinski definition) is 2. The highest BCUT2D eigenvalue weighted by atomic mass is 79.9. The van der Waals surface area contributed by atoms with Gasteiger partial charge in [0.15, 0.2) is 0 Å². The minimum Gasteiger partial charge on any atom is -0.362 e. The van der Waals surface area contributed by atoms with E-state index in [0.717, 1.165) is 16.0 Å². The van der Waals surface area contributed by atoms with E-state index in [-0.39, 0.29) is 0 Å². The van der Waals surface area contributed by atoms with Gasteiger partial charge in [-0.3, -0.25) is 0 Å². The minimum absolute atomic E-state index is 0.977. The molecule has 60 valence electrons. The Balaban J connectivity index is 3.13. The van der Waals surface area contributed by atoms with E-state index >= 15 is 0 Å². The Kier molecular flexibility index (Phi) is 2.49. The summed E-state index contributed by atoms with van der Waals surface area (Å²) >= 11 is 3.43. The van der Waals surface area contributed by atoms with Crippen molar-refractivity contribution in [2.45, 2.75) is 6.92 Å². The smallest absolute Gasteiger partial charge is 0.142 e. The normalized spacial score (nSPS) is 9.82. The number of rotatable bonds is 1. The monoisotopic (exact) mass is 214 g/mol. The van der Waals surface area contributed by atoms with Gasteiger partial charge in [0.05, 0.1) is 4.47 Å². The van der Waals surface area contributed by atoms with E-state index in [1.54, 1.807) is 0 Å². The van der Waals surface area contributed by atoms with Gasteiger partial charge in [-0.25, -0.2) is 4.98 Å². The molecule has 1 aromatic rings. The summed E-state index contributed by atoms with van der Waals surface area (Å²) in [6.07, 6.45) is 0. The third-order valence-electron chi connectivity index (χ3n) is 1.39. The summed E-state index contributed by atoms with van der Waals surface area (Å²) in [5, 5.41) is 0. The number of aromatic nitrogens is 1. The molecule has 0 N–H and O–H groups in total. The lowest BCUT2D eigenvalue weighted by molar-refractivity contribution is 1.04. The first-order chi connectivity index (χ1) is 5.11. The highest BCUT2D eigenvalue weighted by molar-refractivity contribution is 9.10. The molecule has 0 amide bonds. The summed E-state index contributed by atoms with van der Waals surface area (Å²) in [4.78, 5) is 6.33. The van der Waals surface area contributed by atoms with Crippen molar-refractivity contribution in [1.29, 1.82) is 0 Å². The molecule has 0 radical (unpaired) electrons. The van der Waals surface area contributed by atoms with Crippen LogP contribution in [-0.2, 0) is 0 Å². The second-order valence-corrected chi connectivity index (χ2v) is 3.51. The average molecular weight is 215 g/mol. The lowest BCUT2D eigenvalue weighted by Gasteiger charge is -2.13. The summed E-state index contributed by atoms with van der Waals surface area (Å²) in [5.74, 6) is 0.977. The Morgan fingerprint density at radius 3 is 2.45 bits per heavy atom. The molecule has 0 saturated heterocycles. The standard InChI is InChI=1S/C8H11BrN2/c1-6-4-5-7(9)8(10-6)11(2)3/h4-5H,1-3H3. The van der Waals surface area contributed by atoms with Gasteiger partial charge in [0.2, 0.25) is 0 Å². The number of halogens is 1. The van der Waals surface area contributed by atoms with E-state index in [1.807, 2.05) is 38.1 Å². The van der Waals surface area contributed by atoms with Gasteiger partial charge in [-0.15, -0.1) is 0 Å². The summed E-state index contributed by atoms with van der Waals surface area (Å²) in [7, 11) is 3.96. The molecule has 0 aliphatic carbocycles. The van der Waals surface area contributed by atoms with Crippen molar-refractivity contribution in [3.05, 3.63) is 22.3 Å². The third kappa shape index (κ3) is 1.93. The van der Waals surface area contributed by atoms with Crippen molar-refractivity contribution in [3.63, 3.8) is 0 Å². The highest BCUT2D eigenvalue weighted by Crippen LogP contribution is 2.21. The maximum absolute atomic E-state index is 4.35. The fourth-order valence-electron chi connectivity index (χ4n) is 0.840.